The molecule has 0 unspecified atom stereocenters. The number of hydrogen-bond donors (Lipinski definition) is 0. The molecule has 0 bridgehead atoms. The van der Waals surface area contributed by atoms with Gasteiger partial charge in [0.15, 0.2) is 5.82 Å². The van der Waals surface area contributed by atoms with Crippen LogP contribution >= 0.6 is 0 Å². The zero-order valence-electron chi connectivity index (χ0n) is 29.4. The van der Waals surface area contributed by atoms with E-state index >= 15 is 0 Å². The maximum Gasteiger partial charge on any atom is 0.160 e. The molecule has 0 aliphatic heterocycles. The largest absolute Gasteiger partial charge is 0.264 e. The first-order chi connectivity index (χ1) is 26.7. The highest BCUT2D eigenvalue weighted by molar-refractivity contribution is 6.12. The Morgan fingerprint density at radius 1 is 0.296 bits per heavy atom. The molecule has 0 atom stereocenters. The molecule has 2 aromatic heterocycles. The summed E-state index contributed by atoms with van der Waals surface area (Å²) in [4.78, 5) is 14.8. The highest BCUT2D eigenvalue weighted by atomic mass is 14.9. The molecule has 0 radical (unpaired) electrons. The van der Waals surface area contributed by atoms with E-state index in [0.29, 0.717) is 5.82 Å². The van der Waals surface area contributed by atoms with Crippen molar-refractivity contribution in [2.45, 2.75) is 0 Å². The van der Waals surface area contributed by atoms with E-state index in [1.54, 1.807) is 6.20 Å². The number of benzene rings is 8. The summed E-state index contributed by atoms with van der Waals surface area (Å²) in [5.74, 6) is 0.693. The van der Waals surface area contributed by atoms with E-state index in [9.17, 15) is 0 Å². The Morgan fingerprint density at radius 3 is 1.69 bits per heavy atom. The fraction of sp³-hybridized carbons (Fsp3) is 0. The molecule has 0 fully saturated rings. The fourth-order valence-corrected chi connectivity index (χ4v) is 7.55. The predicted molar refractivity (Wildman–Crippen MR) is 225 cm³/mol. The molecule has 0 spiro atoms. The van der Waals surface area contributed by atoms with E-state index in [0.717, 1.165) is 61.5 Å². The van der Waals surface area contributed by atoms with Crippen LogP contribution in [0.15, 0.2) is 200 Å². The first-order valence-electron chi connectivity index (χ1n) is 18.2. The first-order valence-corrected chi connectivity index (χ1v) is 18.2. The van der Waals surface area contributed by atoms with Crippen molar-refractivity contribution < 1.29 is 0 Å². The lowest BCUT2D eigenvalue weighted by molar-refractivity contribution is 1.19. The normalized spacial score (nSPS) is 11.3. The van der Waals surface area contributed by atoms with Crippen molar-refractivity contribution >= 4 is 32.3 Å². The number of aromatic nitrogens is 3. The van der Waals surface area contributed by atoms with E-state index in [-0.39, 0.29) is 0 Å². The zero-order chi connectivity index (χ0) is 35.8. The van der Waals surface area contributed by atoms with E-state index in [1.165, 1.54) is 32.3 Å². The lowest BCUT2D eigenvalue weighted by atomic mass is 9.96. The van der Waals surface area contributed by atoms with Crippen LogP contribution in [0.1, 0.15) is 0 Å². The second kappa shape index (κ2) is 13.4. The predicted octanol–water partition coefficient (Wildman–Crippen LogP) is 13.3. The third-order valence-corrected chi connectivity index (χ3v) is 10.4. The molecule has 0 aliphatic carbocycles. The van der Waals surface area contributed by atoms with Gasteiger partial charge in [-0.3, -0.25) is 4.98 Å². The molecule has 3 heteroatoms. The van der Waals surface area contributed by atoms with Crippen molar-refractivity contribution in [1.29, 1.82) is 0 Å². The molecule has 0 N–H and O–H groups in total. The van der Waals surface area contributed by atoms with Gasteiger partial charge in [0.05, 0.1) is 11.4 Å². The second-order valence-corrected chi connectivity index (χ2v) is 13.7. The molecule has 8 aromatic carbocycles. The van der Waals surface area contributed by atoms with Gasteiger partial charge in [-0.25, -0.2) is 9.97 Å². The SMILES string of the molecule is c1cncc(-c2ccc(-c3ccc(-c4cc(-c5cccc6c5ccc5ccccc56)nc(-c5cccc(-c6ccc7ccccc7c6)c5)n4)cc3)cc2)c1. The van der Waals surface area contributed by atoms with E-state index < -0.39 is 0 Å². The maximum absolute atomic E-state index is 5.30. The Kier molecular flexibility index (Phi) is 7.81. The van der Waals surface area contributed by atoms with Crippen molar-refractivity contribution in [3.63, 3.8) is 0 Å². The topological polar surface area (TPSA) is 38.7 Å². The van der Waals surface area contributed by atoms with Crippen LogP contribution in [0.5, 0.6) is 0 Å². The Bertz CT molecular complexity index is 2970. The van der Waals surface area contributed by atoms with Gasteiger partial charge in [0.2, 0.25) is 0 Å². The molecule has 10 rings (SSSR count). The van der Waals surface area contributed by atoms with Crippen LogP contribution in [-0.2, 0) is 0 Å². The molecule has 3 nitrogen and oxygen atoms in total. The molecule has 0 amide bonds. The van der Waals surface area contributed by atoms with Crippen molar-refractivity contribution in [3.8, 4) is 67.3 Å². The monoisotopic (exact) mass is 687 g/mol. The molecule has 54 heavy (non-hydrogen) atoms. The number of pyridine rings is 1. The Hall–Kier alpha value is -7.23. The van der Waals surface area contributed by atoms with Gasteiger partial charge in [-0.1, -0.05) is 164 Å². The molecule has 252 valence electrons. The van der Waals surface area contributed by atoms with Crippen LogP contribution in [0, 0.1) is 0 Å². The Morgan fingerprint density at radius 2 is 0.889 bits per heavy atom. The van der Waals surface area contributed by atoms with Crippen molar-refractivity contribution in [2.75, 3.05) is 0 Å². The highest BCUT2D eigenvalue weighted by Gasteiger charge is 2.15. The third-order valence-electron chi connectivity index (χ3n) is 10.4. The quantitative estimate of drug-likeness (QED) is 0.163. The molecule has 0 aliphatic rings. The Labute approximate surface area is 313 Å². The minimum atomic E-state index is 0.693. The van der Waals surface area contributed by atoms with Gasteiger partial charge in [-0.2, -0.15) is 0 Å². The van der Waals surface area contributed by atoms with Crippen molar-refractivity contribution in [2.24, 2.45) is 0 Å². The number of fused-ring (bicyclic) bond motifs is 4. The van der Waals surface area contributed by atoms with Gasteiger partial charge in [0, 0.05) is 29.1 Å². The van der Waals surface area contributed by atoms with Crippen LogP contribution in [0.3, 0.4) is 0 Å². The van der Waals surface area contributed by atoms with Gasteiger partial charge in [0.1, 0.15) is 0 Å². The maximum atomic E-state index is 5.30. The summed E-state index contributed by atoms with van der Waals surface area (Å²) in [5.41, 5.74) is 11.7. The van der Waals surface area contributed by atoms with Crippen LogP contribution in [-0.4, -0.2) is 15.0 Å². The van der Waals surface area contributed by atoms with Crippen LogP contribution in [0.2, 0.25) is 0 Å². The summed E-state index contributed by atoms with van der Waals surface area (Å²) in [6.07, 6.45) is 3.70. The lowest BCUT2D eigenvalue weighted by Crippen LogP contribution is -1.97. The van der Waals surface area contributed by atoms with E-state index in [2.05, 4.69) is 187 Å². The molecular formula is C51H33N3. The summed E-state index contributed by atoms with van der Waals surface area (Å²) in [6, 6.07) is 66.8. The summed E-state index contributed by atoms with van der Waals surface area (Å²) in [7, 11) is 0. The number of rotatable bonds is 6. The number of hydrogen-bond acceptors (Lipinski definition) is 3. The van der Waals surface area contributed by atoms with Gasteiger partial charge in [0.25, 0.3) is 0 Å². The average molecular weight is 688 g/mol. The fourth-order valence-electron chi connectivity index (χ4n) is 7.55. The summed E-state index contributed by atoms with van der Waals surface area (Å²) < 4.78 is 0. The minimum Gasteiger partial charge on any atom is -0.264 e. The summed E-state index contributed by atoms with van der Waals surface area (Å²) >= 11 is 0. The van der Waals surface area contributed by atoms with E-state index in [1.807, 2.05) is 12.3 Å². The summed E-state index contributed by atoms with van der Waals surface area (Å²) in [5, 5.41) is 7.29. The molecular weight excluding hydrogens is 655 g/mol. The van der Waals surface area contributed by atoms with Crippen molar-refractivity contribution in [1.82, 2.24) is 15.0 Å². The smallest absolute Gasteiger partial charge is 0.160 e. The van der Waals surface area contributed by atoms with Crippen LogP contribution in [0.25, 0.3) is 99.6 Å². The molecule has 0 saturated carbocycles. The lowest BCUT2D eigenvalue weighted by Gasteiger charge is -2.13. The van der Waals surface area contributed by atoms with Gasteiger partial charge in [-0.05, 0) is 90.0 Å². The van der Waals surface area contributed by atoms with Crippen molar-refractivity contribution in [3.05, 3.63) is 200 Å². The highest BCUT2D eigenvalue weighted by Crippen LogP contribution is 2.36. The Balaban J connectivity index is 1.08. The average Bonchev–Trinajstić information content (AvgIpc) is 3.26. The number of nitrogens with zero attached hydrogens (tertiary/aromatic N) is 3. The first kappa shape index (κ1) is 31.5. The standard InChI is InChI=1S/C51H33N3/c1-2-10-40-30-42(26-23-34(40)8-1)41-11-5-12-43(31-41)51-53-49(32-50(54-51)48-16-6-15-46-45-14-4-3-9-38(45)27-28-47(46)48)39-24-21-36(22-25-39)35-17-19-37(20-18-35)44-13-7-29-52-33-44/h1-33H. The molecule has 2 heterocycles. The molecule has 0 saturated heterocycles. The second-order valence-electron chi connectivity index (χ2n) is 13.7. The van der Waals surface area contributed by atoms with Gasteiger partial charge >= 0.3 is 0 Å². The minimum absolute atomic E-state index is 0.693. The van der Waals surface area contributed by atoms with Crippen LogP contribution < -0.4 is 0 Å². The van der Waals surface area contributed by atoms with Gasteiger partial charge in [-0.15, -0.1) is 0 Å². The summed E-state index contributed by atoms with van der Waals surface area (Å²) in [6.45, 7) is 0. The van der Waals surface area contributed by atoms with E-state index in [4.69, 9.17) is 9.97 Å². The van der Waals surface area contributed by atoms with Gasteiger partial charge < -0.3 is 0 Å². The third kappa shape index (κ3) is 5.88. The van der Waals surface area contributed by atoms with Crippen LogP contribution in [0.4, 0.5) is 0 Å². The zero-order valence-corrected chi connectivity index (χ0v) is 29.4. The molecule has 10 aromatic rings.